The van der Waals surface area contributed by atoms with Crippen molar-refractivity contribution in [2.75, 3.05) is 6.61 Å². The average Bonchev–Trinajstić information content (AvgIpc) is 2.57. The molecule has 0 fully saturated rings. The number of carbonyl (C=O) groups excluding carboxylic acids is 1. The Labute approximate surface area is 151 Å². The number of halogens is 1. The van der Waals surface area contributed by atoms with E-state index in [4.69, 9.17) is 4.74 Å². The standard InChI is InChI=1S/C16H14BrN3O5/c1-10-6-12(17)7-11(16(10)22)8-18-19-15(21)9-25-14-5-3-2-4-13(14)20(23)24/h2-8,22H,9H2,1H3,(H,19,21)/b18-8-. The molecule has 0 spiro atoms. The number of phenols is 1. The first-order valence-electron chi connectivity index (χ1n) is 7.05. The number of nitrogens with zero attached hydrogens (tertiary/aromatic N) is 2. The van der Waals surface area contributed by atoms with Crippen LogP contribution in [0.2, 0.25) is 0 Å². The van der Waals surface area contributed by atoms with E-state index in [9.17, 15) is 20.0 Å². The van der Waals surface area contributed by atoms with Crippen LogP contribution < -0.4 is 10.2 Å². The molecule has 0 aliphatic rings. The number of amides is 1. The van der Waals surface area contributed by atoms with Crippen molar-refractivity contribution < 1.29 is 19.6 Å². The number of ether oxygens (including phenoxy) is 1. The van der Waals surface area contributed by atoms with Crippen LogP contribution in [0.4, 0.5) is 5.69 Å². The molecular formula is C16H14BrN3O5. The van der Waals surface area contributed by atoms with Crippen molar-refractivity contribution in [3.05, 3.63) is 62.1 Å². The number of hydrogen-bond acceptors (Lipinski definition) is 6. The summed E-state index contributed by atoms with van der Waals surface area (Å²) in [5, 5.41) is 24.5. The number of nitro benzene ring substituents is 1. The highest BCUT2D eigenvalue weighted by Gasteiger charge is 2.14. The molecule has 8 nitrogen and oxygen atoms in total. The van der Waals surface area contributed by atoms with E-state index in [-0.39, 0.29) is 17.2 Å². The van der Waals surface area contributed by atoms with Gasteiger partial charge < -0.3 is 9.84 Å². The second kappa shape index (κ2) is 8.25. The number of phenolic OH excluding ortho intramolecular Hbond substituents is 1. The molecule has 25 heavy (non-hydrogen) atoms. The van der Waals surface area contributed by atoms with Gasteiger partial charge in [-0.1, -0.05) is 28.1 Å². The Kier molecular flexibility index (Phi) is 6.07. The molecule has 2 N–H and O–H groups in total. The summed E-state index contributed by atoms with van der Waals surface area (Å²) in [6, 6.07) is 9.13. The first-order valence-corrected chi connectivity index (χ1v) is 7.85. The highest BCUT2D eigenvalue weighted by molar-refractivity contribution is 9.10. The minimum Gasteiger partial charge on any atom is -0.507 e. The summed E-state index contributed by atoms with van der Waals surface area (Å²) in [7, 11) is 0. The fourth-order valence-electron chi connectivity index (χ4n) is 1.94. The molecule has 0 saturated carbocycles. The molecule has 2 aromatic rings. The lowest BCUT2D eigenvalue weighted by Crippen LogP contribution is -2.24. The fourth-order valence-corrected chi connectivity index (χ4v) is 2.53. The summed E-state index contributed by atoms with van der Waals surface area (Å²) in [4.78, 5) is 22.0. The van der Waals surface area contributed by atoms with Crippen LogP contribution in [-0.4, -0.2) is 28.8 Å². The number of benzene rings is 2. The Bertz CT molecular complexity index is 839. The largest absolute Gasteiger partial charge is 0.507 e. The minimum absolute atomic E-state index is 0.00751. The second-order valence-corrected chi connectivity index (χ2v) is 5.88. The average molecular weight is 408 g/mol. The summed E-state index contributed by atoms with van der Waals surface area (Å²) >= 11 is 3.30. The van der Waals surface area contributed by atoms with Gasteiger partial charge in [-0.05, 0) is 30.7 Å². The van der Waals surface area contributed by atoms with Crippen LogP contribution in [0.15, 0.2) is 46.0 Å². The van der Waals surface area contributed by atoms with Crippen molar-refractivity contribution in [2.24, 2.45) is 5.10 Å². The van der Waals surface area contributed by atoms with Crippen molar-refractivity contribution in [1.82, 2.24) is 5.43 Å². The SMILES string of the molecule is Cc1cc(Br)cc(/C=N\NC(=O)COc2ccccc2[N+](=O)[O-])c1O. The summed E-state index contributed by atoms with van der Waals surface area (Å²) in [5.74, 6) is -0.551. The van der Waals surface area contributed by atoms with Crippen LogP contribution >= 0.6 is 15.9 Å². The van der Waals surface area contributed by atoms with Crippen LogP contribution in [0.1, 0.15) is 11.1 Å². The van der Waals surface area contributed by atoms with E-state index in [1.165, 1.54) is 24.4 Å². The molecule has 2 rings (SSSR count). The molecule has 0 aromatic heterocycles. The number of rotatable bonds is 6. The third kappa shape index (κ3) is 5.01. The zero-order valence-corrected chi connectivity index (χ0v) is 14.7. The molecule has 2 aromatic carbocycles. The smallest absolute Gasteiger partial charge is 0.310 e. The lowest BCUT2D eigenvalue weighted by Gasteiger charge is -2.06. The van der Waals surface area contributed by atoms with Gasteiger partial charge in [0.1, 0.15) is 5.75 Å². The summed E-state index contributed by atoms with van der Waals surface area (Å²) in [6.45, 7) is 1.29. The maximum atomic E-state index is 11.7. The number of nitro groups is 1. The van der Waals surface area contributed by atoms with E-state index in [0.29, 0.717) is 11.1 Å². The summed E-state index contributed by atoms with van der Waals surface area (Å²) in [6.07, 6.45) is 1.29. The first-order chi connectivity index (χ1) is 11.9. The zero-order valence-electron chi connectivity index (χ0n) is 13.1. The van der Waals surface area contributed by atoms with Gasteiger partial charge in [-0.25, -0.2) is 5.43 Å². The summed E-state index contributed by atoms with van der Waals surface area (Å²) < 4.78 is 5.90. The van der Waals surface area contributed by atoms with Gasteiger partial charge in [0, 0.05) is 16.1 Å². The molecule has 0 aliphatic heterocycles. The normalized spacial score (nSPS) is 10.6. The first kappa shape index (κ1) is 18.4. The van der Waals surface area contributed by atoms with Gasteiger partial charge in [0.05, 0.1) is 11.1 Å². The molecule has 0 heterocycles. The molecule has 0 bridgehead atoms. The minimum atomic E-state index is -0.597. The highest BCUT2D eigenvalue weighted by atomic mass is 79.9. The van der Waals surface area contributed by atoms with Crippen LogP contribution in [0.25, 0.3) is 0 Å². The number of nitrogens with one attached hydrogen (secondary N) is 1. The van der Waals surface area contributed by atoms with Crippen molar-refractivity contribution in [3.8, 4) is 11.5 Å². The third-order valence-corrected chi connectivity index (χ3v) is 3.57. The van der Waals surface area contributed by atoms with Gasteiger partial charge in [-0.3, -0.25) is 14.9 Å². The molecule has 0 saturated heterocycles. The number of aryl methyl sites for hydroxylation is 1. The maximum Gasteiger partial charge on any atom is 0.310 e. The van der Waals surface area contributed by atoms with Gasteiger partial charge in [-0.15, -0.1) is 0 Å². The number of aromatic hydroxyl groups is 1. The Morgan fingerprint density at radius 2 is 2.16 bits per heavy atom. The van der Waals surface area contributed by atoms with Crippen LogP contribution in [-0.2, 0) is 4.79 Å². The van der Waals surface area contributed by atoms with Gasteiger partial charge in [0.25, 0.3) is 5.91 Å². The van der Waals surface area contributed by atoms with Crippen molar-refractivity contribution >= 4 is 33.7 Å². The Morgan fingerprint density at radius 3 is 2.88 bits per heavy atom. The van der Waals surface area contributed by atoms with Gasteiger partial charge in [-0.2, -0.15) is 5.10 Å². The van der Waals surface area contributed by atoms with E-state index in [2.05, 4.69) is 26.5 Å². The lowest BCUT2D eigenvalue weighted by atomic mass is 10.1. The quantitative estimate of drug-likeness (QED) is 0.434. The number of hydrazone groups is 1. The molecule has 0 aliphatic carbocycles. The number of carbonyl (C=O) groups is 1. The Hall–Kier alpha value is -2.94. The monoisotopic (exact) mass is 407 g/mol. The number of para-hydroxylation sites is 2. The van der Waals surface area contributed by atoms with Crippen molar-refractivity contribution in [3.63, 3.8) is 0 Å². The molecule has 130 valence electrons. The van der Waals surface area contributed by atoms with E-state index in [0.717, 1.165) is 4.47 Å². The summed E-state index contributed by atoms with van der Waals surface area (Å²) in [5.41, 5.74) is 3.07. The van der Waals surface area contributed by atoms with Crippen LogP contribution in [0, 0.1) is 17.0 Å². The van der Waals surface area contributed by atoms with Gasteiger partial charge in [0.15, 0.2) is 12.4 Å². The molecule has 0 atom stereocenters. The lowest BCUT2D eigenvalue weighted by molar-refractivity contribution is -0.385. The topological polar surface area (TPSA) is 114 Å². The van der Waals surface area contributed by atoms with E-state index in [1.54, 1.807) is 25.1 Å². The van der Waals surface area contributed by atoms with E-state index in [1.807, 2.05) is 0 Å². The van der Waals surface area contributed by atoms with Crippen molar-refractivity contribution in [2.45, 2.75) is 6.92 Å². The molecule has 9 heteroatoms. The van der Waals surface area contributed by atoms with Gasteiger partial charge in [0.2, 0.25) is 0 Å². The van der Waals surface area contributed by atoms with Gasteiger partial charge >= 0.3 is 5.69 Å². The molecule has 0 radical (unpaired) electrons. The van der Waals surface area contributed by atoms with Crippen LogP contribution in [0.5, 0.6) is 11.5 Å². The number of hydrogen-bond donors (Lipinski definition) is 2. The predicted octanol–water partition coefficient (Wildman–Crippen LogP) is 2.90. The van der Waals surface area contributed by atoms with E-state index < -0.39 is 17.4 Å². The fraction of sp³-hybridized carbons (Fsp3) is 0.125. The van der Waals surface area contributed by atoms with Crippen molar-refractivity contribution in [1.29, 1.82) is 0 Å². The third-order valence-electron chi connectivity index (χ3n) is 3.11. The maximum absolute atomic E-state index is 11.7. The second-order valence-electron chi connectivity index (χ2n) is 4.97. The molecule has 1 amide bonds. The zero-order chi connectivity index (χ0) is 18.4. The Balaban J connectivity index is 1.95. The molecular weight excluding hydrogens is 394 g/mol. The van der Waals surface area contributed by atoms with Crippen LogP contribution in [0.3, 0.4) is 0 Å². The predicted molar refractivity (Wildman–Crippen MR) is 94.9 cm³/mol. The Morgan fingerprint density at radius 1 is 1.44 bits per heavy atom. The van der Waals surface area contributed by atoms with E-state index >= 15 is 0 Å². The highest BCUT2D eigenvalue weighted by Crippen LogP contribution is 2.26. The molecule has 0 unspecified atom stereocenters.